The van der Waals surface area contributed by atoms with Crippen LogP contribution < -0.4 is 4.90 Å². The highest BCUT2D eigenvalue weighted by Crippen LogP contribution is 2.44. The first kappa shape index (κ1) is 14.8. The fraction of sp³-hybridized carbons (Fsp3) is 0.316. The SMILES string of the molecule is CCCC(=O)N(C)c1ccc2c3c(c(C)c(C(C)=O)c2c1)[CH]3. The van der Waals surface area contributed by atoms with Gasteiger partial charge in [0.2, 0.25) is 5.91 Å². The summed E-state index contributed by atoms with van der Waals surface area (Å²) in [4.78, 5) is 25.9. The zero-order valence-electron chi connectivity index (χ0n) is 13.5. The number of anilines is 1. The van der Waals surface area contributed by atoms with Gasteiger partial charge in [-0.25, -0.2) is 0 Å². The third-order valence-electron chi connectivity index (χ3n) is 4.41. The van der Waals surface area contributed by atoms with Crippen LogP contribution in [0, 0.1) is 13.3 Å². The summed E-state index contributed by atoms with van der Waals surface area (Å²) < 4.78 is 0. The minimum atomic E-state index is 0.0743. The minimum Gasteiger partial charge on any atom is -0.315 e. The molecule has 0 fully saturated rings. The lowest BCUT2D eigenvalue weighted by atomic mass is 9.96. The Morgan fingerprint density at radius 3 is 2.50 bits per heavy atom. The zero-order chi connectivity index (χ0) is 16.0. The van der Waals surface area contributed by atoms with Gasteiger partial charge in [-0.3, -0.25) is 9.59 Å². The minimum absolute atomic E-state index is 0.0743. The van der Waals surface area contributed by atoms with E-state index in [0.717, 1.165) is 34.0 Å². The number of rotatable bonds is 4. The summed E-state index contributed by atoms with van der Waals surface area (Å²) in [6, 6.07) is 5.95. The van der Waals surface area contributed by atoms with Crippen LogP contribution in [-0.4, -0.2) is 18.7 Å². The normalized spacial score (nSPS) is 12.2. The van der Waals surface area contributed by atoms with Crippen molar-refractivity contribution in [2.24, 2.45) is 0 Å². The van der Waals surface area contributed by atoms with Crippen LogP contribution in [0.15, 0.2) is 18.2 Å². The van der Waals surface area contributed by atoms with E-state index >= 15 is 0 Å². The number of hydrogen-bond donors (Lipinski definition) is 0. The molecule has 0 unspecified atom stereocenters. The Kier molecular flexibility index (Phi) is 3.51. The molecule has 0 heterocycles. The highest BCUT2D eigenvalue weighted by atomic mass is 16.2. The van der Waals surface area contributed by atoms with E-state index < -0.39 is 0 Å². The number of carbonyl (C=O) groups is 2. The van der Waals surface area contributed by atoms with Crippen molar-refractivity contribution in [3.8, 4) is 0 Å². The average Bonchev–Trinajstić information content (AvgIpc) is 3.27. The van der Waals surface area contributed by atoms with Crippen LogP contribution in [0.3, 0.4) is 0 Å². The molecule has 22 heavy (non-hydrogen) atoms. The Morgan fingerprint density at radius 1 is 1.14 bits per heavy atom. The first-order chi connectivity index (χ1) is 10.5. The molecule has 0 bridgehead atoms. The van der Waals surface area contributed by atoms with E-state index in [1.165, 1.54) is 11.1 Å². The smallest absolute Gasteiger partial charge is 0.226 e. The first-order valence-electron chi connectivity index (χ1n) is 7.68. The van der Waals surface area contributed by atoms with Crippen molar-refractivity contribution in [3.05, 3.63) is 46.9 Å². The fourth-order valence-corrected chi connectivity index (χ4v) is 3.14. The van der Waals surface area contributed by atoms with E-state index in [1.807, 2.05) is 32.0 Å². The van der Waals surface area contributed by atoms with Gasteiger partial charge in [-0.2, -0.15) is 0 Å². The van der Waals surface area contributed by atoms with E-state index in [0.29, 0.717) is 6.42 Å². The van der Waals surface area contributed by atoms with Gasteiger partial charge in [-0.05, 0) is 59.9 Å². The average molecular weight is 294 g/mol. The molecule has 0 spiro atoms. The number of benzene rings is 2. The topological polar surface area (TPSA) is 37.4 Å². The summed E-state index contributed by atoms with van der Waals surface area (Å²) >= 11 is 0. The Morgan fingerprint density at radius 2 is 1.86 bits per heavy atom. The highest BCUT2D eigenvalue weighted by Gasteiger charge is 2.28. The summed E-state index contributed by atoms with van der Waals surface area (Å²) in [5, 5.41) is 2.05. The van der Waals surface area contributed by atoms with Crippen molar-refractivity contribution in [1.29, 1.82) is 0 Å². The number of fused-ring (bicyclic) bond motifs is 3. The third-order valence-corrected chi connectivity index (χ3v) is 4.41. The number of hydrogen-bond acceptors (Lipinski definition) is 2. The van der Waals surface area contributed by atoms with Crippen LogP contribution >= 0.6 is 0 Å². The molecule has 1 aliphatic rings. The van der Waals surface area contributed by atoms with Gasteiger partial charge >= 0.3 is 0 Å². The molecule has 3 heteroatoms. The van der Waals surface area contributed by atoms with E-state index in [1.54, 1.807) is 18.9 Å². The second-order valence-corrected chi connectivity index (χ2v) is 5.96. The van der Waals surface area contributed by atoms with Crippen molar-refractivity contribution in [3.63, 3.8) is 0 Å². The largest absolute Gasteiger partial charge is 0.315 e. The Bertz CT molecular complexity index is 805. The van der Waals surface area contributed by atoms with E-state index in [2.05, 4.69) is 6.42 Å². The molecule has 0 aromatic heterocycles. The number of nitrogens with zero attached hydrogens (tertiary/aromatic N) is 1. The van der Waals surface area contributed by atoms with E-state index in [4.69, 9.17) is 0 Å². The molecule has 0 atom stereocenters. The summed E-state index contributed by atoms with van der Waals surface area (Å²) in [5.41, 5.74) is 5.09. The monoisotopic (exact) mass is 294 g/mol. The van der Waals surface area contributed by atoms with Gasteiger partial charge in [-0.1, -0.05) is 13.0 Å². The van der Waals surface area contributed by atoms with Crippen LogP contribution in [0.25, 0.3) is 10.8 Å². The molecular formula is C19H20NO2. The lowest BCUT2D eigenvalue weighted by Gasteiger charge is -2.18. The molecule has 1 radical (unpaired) electrons. The summed E-state index contributed by atoms with van der Waals surface area (Å²) in [5.74, 6) is 0.173. The molecule has 1 aliphatic carbocycles. The standard InChI is InChI=1S/C19H20NO2/c1-5-6-18(22)20(4)13-7-8-14-16-10-15(16)11(2)19(12(3)21)17(14)9-13/h7-10H,5-6H2,1-4H3. The van der Waals surface area contributed by atoms with Crippen molar-refractivity contribution in [1.82, 2.24) is 0 Å². The van der Waals surface area contributed by atoms with Gasteiger partial charge in [0.15, 0.2) is 5.78 Å². The fourth-order valence-electron chi connectivity index (χ4n) is 3.14. The van der Waals surface area contributed by atoms with Crippen molar-refractivity contribution in [2.45, 2.75) is 33.6 Å². The maximum absolute atomic E-state index is 12.1. The van der Waals surface area contributed by atoms with Gasteiger partial charge in [-0.15, -0.1) is 0 Å². The molecule has 3 nitrogen and oxygen atoms in total. The Balaban J connectivity index is 2.16. The molecular weight excluding hydrogens is 274 g/mol. The highest BCUT2D eigenvalue weighted by molar-refractivity contribution is 6.13. The predicted molar refractivity (Wildman–Crippen MR) is 89.5 cm³/mol. The molecule has 0 aliphatic heterocycles. The number of Topliss-reactive ketones (excluding diaryl/α,β-unsaturated/α-hetero) is 1. The molecule has 0 N–H and O–H groups in total. The molecule has 2 aromatic rings. The van der Waals surface area contributed by atoms with E-state index in [-0.39, 0.29) is 11.7 Å². The molecule has 113 valence electrons. The second-order valence-electron chi connectivity index (χ2n) is 5.96. The van der Waals surface area contributed by atoms with Gasteiger partial charge < -0.3 is 4.90 Å². The number of carbonyl (C=O) groups excluding carboxylic acids is 2. The summed E-state index contributed by atoms with van der Waals surface area (Å²) in [6.07, 6.45) is 3.48. The van der Waals surface area contributed by atoms with Crippen molar-refractivity contribution >= 4 is 28.2 Å². The van der Waals surface area contributed by atoms with Crippen molar-refractivity contribution in [2.75, 3.05) is 11.9 Å². The van der Waals surface area contributed by atoms with E-state index in [9.17, 15) is 9.59 Å². The van der Waals surface area contributed by atoms with Crippen LogP contribution in [0.4, 0.5) is 5.69 Å². The zero-order valence-corrected chi connectivity index (χ0v) is 13.5. The molecule has 3 rings (SSSR count). The summed E-state index contributed by atoms with van der Waals surface area (Å²) in [6.45, 7) is 5.60. The maximum Gasteiger partial charge on any atom is 0.226 e. The first-order valence-corrected chi connectivity index (χ1v) is 7.68. The van der Waals surface area contributed by atoms with Crippen molar-refractivity contribution < 1.29 is 9.59 Å². The lowest BCUT2D eigenvalue weighted by molar-refractivity contribution is -0.118. The Hall–Kier alpha value is -2.16. The van der Waals surface area contributed by atoms with Gasteiger partial charge in [0, 0.05) is 31.1 Å². The van der Waals surface area contributed by atoms with Crippen LogP contribution in [0.1, 0.15) is 53.7 Å². The molecule has 0 saturated carbocycles. The third kappa shape index (κ3) is 2.21. The Labute approximate surface area is 130 Å². The summed E-state index contributed by atoms with van der Waals surface area (Å²) in [7, 11) is 1.79. The maximum atomic E-state index is 12.1. The predicted octanol–water partition coefficient (Wildman–Crippen LogP) is 4.03. The van der Waals surface area contributed by atoms with Gasteiger partial charge in [0.25, 0.3) is 0 Å². The second kappa shape index (κ2) is 5.24. The lowest BCUT2D eigenvalue weighted by Crippen LogP contribution is -2.25. The molecule has 1 amide bonds. The number of amides is 1. The quantitative estimate of drug-likeness (QED) is 0.681. The molecule has 2 aromatic carbocycles. The van der Waals surface area contributed by atoms with Crippen LogP contribution in [-0.2, 0) is 4.79 Å². The molecule has 0 saturated heterocycles. The van der Waals surface area contributed by atoms with Crippen LogP contribution in [0.2, 0.25) is 0 Å². The van der Waals surface area contributed by atoms with Gasteiger partial charge in [0.1, 0.15) is 0 Å². The number of ketones is 1. The van der Waals surface area contributed by atoms with Crippen LogP contribution in [0.5, 0.6) is 0 Å². The van der Waals surface area contributed by atoms with Gasteiger partial charge in [0.05, 0.1) is 0 Å².